The summed E-state index contributed by atoms with van der Waals surface area (Å²) in [5.41, 5.74) is 4.23. The summed E-state index contributed by atoms with van der Waals surface area (Å²) in [6.45, 7) is 1.93. The lowest BCUT2D eigenvalue weighted by Crippen LogP contribution is -2.20. The second-order valence-electron chi connectivity index (χ2n) is 7.95. The van der Waals surface area contributed by atoms with E-state index in [2.05, 4.69) is 31.8 Å². The molecule has 0 saturated carbocycles. The van der Waals surface area contributed by atoms with Gasteiger partial charge in [0.2, 0.25) is 0 Å². The van der Waals surface area contributed by atoms with Crippen LogP contribution in [0.25, 0.3) is 10.8 Å². The molecular weight excluding hydrogens is 593 g/mol. The van der Waals surface area contributed by atoms with Gasteiger partial charge in [-0.15, -0.1) is 0 Å². The molecule has 4 aromatic rings. The number of benzene rings is 4. The van der Waals surface area contributed by atoms with Gasteiger partial charge in [0, 0.05) is 11.3 Å². The predicted molar refractivity (Wildman–Crippen MR) is 155 cm³/mol. The summed E-state index contributed by atoms with van der Waals surface area (Å²) in [7, 11) is 0. The molecule has 0 aromatic heterocycles. The summed E-state index contributed by atoms with van der Waals surface area (Å²) < 4.78 is 12.0. The van der Waals surface area contributed by atoms with Crippen molar-refractivity contribution in [1.82, 2.24) is 5.43 Å². The Bertz CT molecular complexity index is 1520. The van der Waals surface area contributed by atoms with Gasteiger partial charge in [0.05, 0.1) is 27.3 Å². The fraction of sp³-hybridized carbons (Fsp3) is 0.107. The van der Waals surface area contributed by atoms with Gasteiger partial charge in [-0.25, -0.2) is 5.43 Å². The van der Waals surface area contributed by atoms with E-state index in [1.165, 1.54) is 6.21 Å². The minimum Gasteiger partial charge on any atom is -0.490 e. The zero-order valence-corrected chi connectivity index (χ0v) is 23.2. The SMILES string of the molecule is CCOc1cc(/C=N/NC(=O)c2cccc3ccccc23)cc(Br)c1OCC(=O)Nc1ccc(Cl)c(Cl)c1. The van der Waals surface area contributed by atoms with Crippen LogP contribution in [0.5, 0.6) is 11.5 Å². The van der Waals surface area contributed by atoms with Crippen LogP contribution in [0.3, 0.4) is 0 Å². The Balaban J connectivity index is 1.43. The zero-order chi connectivity index (χ0) is 27.1. The summed E-state index contributed by atoms with van der Waals surface area (Å²) in [6, 6.07) is 21.4. The number of anilines is 1. The van der Waals surface area contributed by atoms with Crippen LogP contribution in [0, 0.1) is 0 Å². The molecule has 10 heteroatoms. The van der Waals surface area contributed by atoms with Crippen molar-refractivity contribution >= 4 is 73.6 Å². The second kappa shape index (κ2) is 12.8. The van der Waals surface area contributed by atoms with Crippen LogP contribution in [-0.2, 0) is 4.79 Å². The molecule has 0 radical (unpaired) electrons. The molecule has 7 nitrogen and oxygen atoms in total. The van der Waals surface area contributed by atoms with Crippen LogP contribution >= 0.6 is 39.1 Å². The van der Waals surface area contributed by atoms with Gasteiger partial charge in [0.1, 0.15) is 0 Å². The lowest BCUT2D eigenvalue weighted by molar-refractivity contribution is -0.118. The fourth-order valence-corrected chi connectivity index (χ4v) is 4.50. The monoisotopic (exact) mass is 613 g/mol. The number of hydrogen-bond donors (Lipinski definition) is 2. The number of nitrogens with one attached hydrogen (secondary N) is 2. The highest BCUT2D eigenvalue weighted by Crippen LogP contribution is 2.36. The summed E-state index contributed by atoms with van der Waals surface area (Å²) in [6.07, 6.45) is 1.50. The lowest BCUT2D eigenvalue weighted by Gasteiger charge is -2.14. The molecule has 2 N–H and O–H groups in total. The lowest BCUT2D eigenvalue weighted by atomic mass is 10.0. The minimum absolute atomic E-state index is 0.270. The van der Waals surface area contributed by atoms with E-state index >= 15 is 0 Å². The first-order valence-electron chi connectivity index (χ1n) is 11.5. The first kappa shape index (κ1) is 27.4. The summed E-state index contributed by atoms with van der Waals surface area (Å²) in [5, 5.41) is 9.34. The molecule has 0 unspecified atom stereocenters. The maximum atomic E-state index is 12.7. The van der Waals surface area contributed by atoms with Crippen molar-refractivity contribution < 1.29 is 19.1 Å². The number of hydrazone groups is 1. The Hall–Kier alpha value is -3.59. The van der Waals surface area contributed by atoms with Gasteiger partial charge in [0.25, 0.3) is 11.8 Å². The highest BCUT2D eigenvalue weighted by Gasteiger charge is 2.15. The van der Waals surface area contributed by atoms with Crippen LogP contribution < -0.4 is 20.2 Å². The van der Waals surface area contributed by atoms with Crippen LogP contribution in [-0.4, -0.2) is 31.2 Å². The number of ether oxygens (including phenoxy) is 2. The van der Waals surface area contributed by atoms with E-state index in [0.29, 0.717) is 49.4 Å². The van der Waals surface area contributed by atoms with Crippen molar-refractivity contribution in [2.45, 2.75) is 6.92 Å². The van der Waals surface area contributed by atoms with Crippen molar-refractivity contribution in [3.05, 3.63) is 98.4 Å². The number of carbonyl (C=O) groups is 2. The number of rotatable bonds is 9. The molecule has 0 atom stereocenters. The maximum Gasteiger partial charge on any atom is 0.271 e. The van der Waals surface area contributed by atoms with Crippen LogP contribution in [0.15, 0.2) is 82.4 Å². The minimum atomic E-state index is -0.389. The molecule has 0 spiro atoms. The summed E-state index contributed by atoms with van der Waals surface area (Å²) >= 11 is 15.4. The average molecular weight is 615 g/mol. The van der Waals surface area contributed by atoms with Gasteiger partial charge in [-0.05, 0) is 75.6 Å². The highest BCUT2D eigenvalue weighted by molar-refractivity contribution is 9.10. The first-order chi connectivity index (χ1) is 18.4. The van der Waals surface area contributed by atoms with Gasteiger partial charge in [-0.2, -0.15) is 5.10 Å². The maximum absolute atomic E-state index is 12.7. The Morgan fingerprint density at radius 1 is 0.974 bits per heavy atom. The number of fused-ring (bicyclic) bond motifs is 1. The van der Waals surface area contributed by atoms with E-state index in [-0.39, 0.29) is 18.4 Å². The van der Waals surface area contributed by atoms with Crippen LogP contribution in [0.1, 0.15) is 22.8 Å². The topological polar surface area (TPSA) is 89.0 Å². The van der Waals surface area contributed by atoms with E-state index < -0.39 is 0 Å². The third-order valence-corrected chi connectivity index (χ3v) is 6.62. The number of amides is 2. The van der Waals surface area contributed by atoms with Crippen molar-refractivity contribution in [3.63, 3.8) is 0 Å². The van der Waals surface area contributed by atoms with Crippen molar-refractivity contribution in [2.75, 3.05) is 18.5 Å². The predicted octanol–water partition coefficient (Wildman–Crippen LogP) is 7.09. The molecule has 0 heterocycles. The van der Waals surface area contributed by atoms with Crippen molar-refractivity contribution in [2.24, 2.45) is 5.10 Å². The molecule has 0 fully saturated rings. The summed E-state index contributed by atoms with van der Waals surface area (Å²) in [4.78, 5) is 25.1. The highest BCUT2D eigenvalue weighted by atomic mass is 79.9. The Morgan fingerprint density at radius 2 is 1.76 bits per heavy atom. The van der Waals surface area contributed by atoms with E-state index in [4.69, 9.17) is 32.7 Å². The molecular formula is C28H22BrCl2N3O4. The number of nitrogens with zero attached hydrogens (tertiary/aromatic N) is 1. The molecule has 2 amide bonds. The van der Waals surface area contributed by atoms with E-state index in [9.17, 15) is 9.59 Å². The van der Waals surface area contributed by atoms with Gasteiger partial charge in [-0.1, -0.05) is 59.6 Å². The Morgan fingerprint density at radius 3 is 2.55 bits per heavy atom. The number of halogens is 3. The molecule has 0 bridgehead atoms. The standard InChI is InChI=1S/C28H22BrCl2N3O4/c1-2-37-25-13-17(15-32-34-28(36)21-9-5-7-18-6-3-4-8-20(18)21)12-22(29)27(25)38-16-26(35)33-19-10-11-23(30)24(31)14-19/h3-15H,2,16H2,1H3,(H,33,35)(H,34,36)/b32-15+. The second-order valence-corrected chi connectivity index (χ2v) is 9.62. The Labute approximate surface area is 237 Å². The van der Waals surface area contributed by atoms with Crippen LogP contribution in [0.2, 0.25) is 10.0 Å². The molecule has 0 aliphatic carbocycles. The van der Waals surface area contributed by atoms with E-state index in [1.54, 1.807) is 36.4 Å². The molecule has 38 heavy (non-hydrogen) atoms. The molecule has 0 saturated heterocycles. The third kappa shape index (κ3) is 6.83. The van der Waals surface area contributed by atoms with Gasteiger partial charge >= 0.3 is 0 Å². The van der Waals surface area contributed by atoms with Gasteiger partial charge in [0.15, 0.2) is 18.1 Å². The van der Waals surface area contributed by atoms with Gasteiger partial charge < -0.3 is 14.8 Å². The van der Waals surface area contributed by atoms with Crippen LogP contribution in [0.4, 0.5) is 5.69 Å². The third-order valence-electron chi connectivity index (χ3n) is 5.30. The molecule has 4 aromatic carbocycles. The Kier molecular flexibility index (Phi) is 9.23. The molecule has 0 aliphatic heterocycles. The smallest absolute Gasteiger partial charge is 0.271 e. The number of carbonyl (C=O) groups excluding carboxylic acids is 2. The normalized spacial score (nSPS) is 10.9. The summed E-state index contributed by atoms with van der Waals surface area (Å²) in [5.74, 6) is 0.0498. The average Bonchev–Trinajstić information content (AvgIpc) is 2.90. The first-order valence-corrected chi connectivity index (χ1v) is 13.1. The van der Waals surface area contributed by atoms with E-state index in [0.717, 1.165) is 10.8 Å². The van der Waals surface area contributed by atoms with Crippen molar-refractivity contribution in [1.29, 1.82) is 0 Å². The quantitative estimate of drug-likeness (QED) is 0.156. The van der Waals surface area contributed by atoms with Crippen molar-refractivity contribution in [3.8, 4) is 11.5 Å². The molecule has 4 rings (SSSR count). The largest absolute Gasteiger partial charge is 0.490 e. The molecule has 194 valence electrons. The van der Waals surface area contributed by atoms with Gasteiger partial charge in [-0.3, -0.25) is 9.59 Å². The van der Waals surface area contributed by atoms with E-state index in [1.807, 2.05) is 43.3 Å². The molecule has 0 aliphatic rings. The zero-order valence-electron chi connectivity index (χ0n) is 20.1. The number of hydrogen-bond acceptors (Lipinski definition) is 5. The fourth-order valence-electron chi connectivity index (χ4n) is 3.62.